The van der Waals surface area contributed by atoms with Crippen LogP contribution >= 0.6 is 12.4 Å². The van der Waals surface area contributed by atoms with Crippen molar-refractivity contribution in [1.82, 2.24) is 20.0 Å². The number of nitrogens with zero attached hydrogens (tertiary/aromatic N) is 3. The Morgan fingerprint density at radius 1 is 1.32 bits per heavy atom. The van der Waals surface area contributed by atoms with Crippen molar-refractivity contribution in [3.63, 3.8) is 0 Å². The fourth-order valence-electron chi connectivity index (χ4n) is 2.41. The SMILES string of the molecule is CC(C)n1ncc(C(=O)N2CCCNCC2)c1C(F)(F)F.Cl. The van der Waals surface area contributed by atoms with Gasteiger partial charge in [-0.3, -0.25) is 9.48 Å². The number of carbonyl (C=O) groups is 1. The summed E-state index contributed by atoms with van der Waals surface area (Å²) in [5.74, 6) is -0.599. The molecule has 0 aromatic carbocycles. The van der Waals surface area contributed by atoms with E-state index in [4.69, 9.17) is 0 Å². The van der Waals surface area contributed by atoms with Crippen molar-refractivity contribution in [2.45, 2.75) is 32.5 Å². The van der Waals surface area contributed by atoms with Crippen molar-refractivity contribution in [2.24, 2.45) is 0 Å². The average molecular weight is 341 g/mol. The highest BCUT2D eigenvalue weighted by molar-refractivity contribution is 5.95. The van der Waals surface area contributed by atoms with Crippen molar-refractivity contribution in [2.75, 3.05) is 26.2 Å². The number of amides is 1. The average Bonchev–Trinajstić information content (AvgIpc) is 2.67. The van der Waals surface area contributed by atoms with Crippen LogP contribution in [0.25, 0.3) is 0 Å². The lowest BCUT2D eigenvalue weighted by molar-refractivity contribution is -0.145. The maximum absolute atomic E-state index is 13.3. The molecule has 2 rings (SSSR count). The number of hydrogen-bond acceptors (Lipinski definition) is 3. The second-order valence-electron chi connectivity index (χ2n) is 5.34. The minimum Gasteiger partial charge on any atom is -0.337 e. The zero-order chi connectivity index (χ0) is 15.6. The monoisotopic (exact) mass is 340 g/mol. The molecule has 0 bridgehead atoms. The predicted octanol–water partition coefficient (Wildman–Crippen LogP) is 2.34. The first kappa shape index (κ1) is 18.8. The minimum absolute atomic E-state index is 0. The highest BCUT2D eigenvalue weighted by Gasteiger charge is 2.41. The second kappa shape index (κ2) is 7.32. The van der Waals surface area contributed by atoms with Crippen LogP contribution in [0.4, 0.5) is 13.2 Å². The van der Waals surface area contributed by atoms with Gasteiger partial charge in [0.25, 0.3) is 5.91 Å². The van der Waals surface area contributed by atoms with E-state index in [2.05, 4.69) is 10.4 Å². The van der Waals surface area contributed by atoms with Gasteiger partial charge in [-0.1, -0.05) is 0 Å². The second-order valence-corrected chi connectivity index (χ2v) is 5.34. The van der Waals surface area contributed by atoms with Crippen LogP contribution in [0.15, 0.2) is 6.20 Å². The van der Waals surface area contributed by atoms with E-state index in [9.17, 15) is 18.0 Å². The highest BCUT2D eigenvalue weighted by Crippen LogP contribution is 2.34. The molecule has 1 saturated heterocycles. The molecule has 1 aromatic heterocycles. The van der Waals surface area contributed by atoms with E-state index >= 15 is 0 Å². The largest absolute Gasteiger partial charge is 0.433 e. The molecular formula is C13H20ClF3N4O. The molecule has 1 aliphatic heterocycles. The molecule has 9 heteroatoms. The number of hydrogen-bond donors (Lipinski definition) is 1. The van der Waals surface area contributed by atoms with Gasteiger partial charge in [0.1, 0.15) is 0 Å². The lowest BCUT2D eigenvalue weighted by atomic mass is 10.2. The van der Waals surface area contributed by atoms with Crippen LogP contribution < -0.4 is 5.32 Å². The molecule has 1 amide bonds. The molecule has 0 spiro atoms. The van der Waals surface area contributed by atoms with Crippen molar-refractivity contribution in [3.8, 4) is 0 Å². The van der Waals surface area contributed by atoms with Crippen LogP contribution in [0.3, 0.4) is 0 Å². The van der Waals surface area contributed by atoms with Gasteiger partial charge in [-0.25, -0.2) is 0 Å². The summed E-state index contributed by atoms with van der Waals surface area (Å²) in [5, 5.41) is 6.87. The van der Waals surface area contributed by atoms with Gasteiger partial charge in [0.05, 0.1) is 11.8 Å². The summed E-state index contributed by atoms with van der Waals surface area (Å²) in [5.41, 5.74) is -1.32. The fraction of sp³-hybridized carbons (Fsp3) is 0.692. The molecule has 0 unspecified atom stereocenters. The first-order valence-electron chi connectivity index (χ1n) is 6.97. The van der Waals surface area contributed by atoms with Crippen molar-refractivity contribution in [3.05, 3.63) is 17.5 Å². The molecule has 0 radical (unpaired) electrons. The third kappa shape index (κ3) is 3.92. The summed E-state index contributed by atoms with van der Waals surface area (Å²) < 4.78 is 40.7. The third-order valence-corrected chi connectivity index (χ3v) is 3.41. The fourth-order valence-corrected chi connectivity index (χ4v) is 2.41. The zero-order valence-corrected chi connectivity index (χ0v) is 13.3. The van der Waals surface area contributed by atoms with E-state index in [1.54, 1.807) is 13.8 Å². The summed E-state index contributed by atoms with van der Waals surface area (Å²) in [7, 11) is 0. The first-order chi connectivity index (χ1) is 9.82. The molecule has 126 valence electrons. The molecule has 0 saturated carbocycles. The summed E-state index contributed by atoms with van der Waals surface area (Å²) in [6.07, 6.45) is -2.84. The smallest absolute Gasteiger partial charge is 0.337 e. The van der Waals surface area contributed by atoms with E-state index in [1.165, 1.54) is 4.90 Å². The molecule has 0 atom stereocenters. The Hall–Kier alpha value is -1.28. The number of rotatable bonds is 2. The Kier molecular flexibility index (Phi) is 6.25. The van der Waals surface area contributed by atoms with E-state index in [1.807, 2.05) is 0 Å². The summed E-state index contributed by atoms with van der Waals surface area (Å²) in [6, 6.07) is -0.464. The van der Waals surface area contributed by atoms with Crippen LogP contribution in [0.2, 0.25) is 0 Å². The number of alkyl halides is 3. The van der Waals surface area contributed by atoms with E-state index in [0.29, 0.717) is 19.6 Å². The van der Waals surface area contributed by atoms with Crippen LogP contribution in [0.1, 0.15) is 42.4 Å². The Bertz CT molecular complexity index is 508. The van der Waals surface area contributed by atoms with E-state index in [-0.39, 0.29) is 18.0 Å². The number of nitrogens with one attached hydrogen (secondary N) is 1. The van der Waals surface area contributed by atoms with Gasteiger partial charge in [0.2, 0.25) is 0 Å². The van der Waals surface area contributed by atoms with E-state index in [0.717, 1.165) is 23.8 Å². The summed E-state index contributed by atoms with van der Waals surface area (Å²) in [6.45, 7) is 5.42. The Balaban J connectivity index is 0.00000242. The van der Waals surface area contributed by atoms with E-state index < -0.39 is 23.8 Å². The van der Waals surface area contributed by atoms with Crippen LogP contribution in [0, 0.1) is 0 Å². The van der Waals surface area contributed by atoms with Crippen LogP contribution in [-0.2, 0) is 6.18 Å². The maximum atomic E-state index is 13.3. The van der Waals surface area contributed by atoms with Crippen LogP contribution in [-0.4, -0.2) is 46.8 Å². The third-order valence-electron chi connectivity index (χ3n) is 3.41. The Morgan fingerprint density at radius 3 is 2.59 bits per heavy atom. The standard InChI is InChI=1S/C13H19F3N4O.ClH/c1-9(2)20-11(13(14,15)16)10(8-18-20)12(21)19-6-3-4-17-5-7-19;/h8-9,17H,3-7H2,1-2H3;1H. The summed E-state index contributed by atoms with van der Waals surface area (Å²) in [4.78, 5) is 13.9. The summed E-state index contributed by atoms with van der Waals surface area (Å²) >= 11 is 0. The molecular weight excluding hydrogens is 321 g/mol. The molecule has 1 aromatic rings. The minimum atomic E-state index is -4.60. The topological polar surface area (TPSA) is 50.2 Å². The van der Waals surface area contributed by atoms with Gasteiger partial charge in [0, 0.05) is 25.7 Å². The van der Waals surface area contributed by atoms with Gasteiger partial charge >= 0.3 is 6.18 Å². The molecule has 0 aliphatic carbocycles. The maximum Gasteiger partial charge on any atom is 0.433 e. The van der Waals surface area contributed by atoms with Gasteiger partial charge in [-0.05, 0) is 26.8 Å². The van der Waals surface area contributed by atoms with Crippen LogP contribution in [0.5, 0.6) is 0 Å². The van der Waals surface area contributed by atoms with Gasteiger partial charge in [-0.15, -0.1) is 12.4 Å². The molecule has 22 heavy (non-hydrogen) atoms. The molecule has 1 fully saturated rings. The lowest BCUT2D eigenvalue weighted by Gasteiger charge is -2.21. The van der Waals surface area contributed by atoms with Gasteiger partial charge in [-0.2, -0.15) is 18.3 Å². The van der Waals surface area contributed by atoms with Gasteiger partial charge in [0.15, 0.2) is 5.69 Å². The van der Waals surface area contributed by atoms with Crippen molar-refractivity contribution in [1.29, 1.82) is 0 Å². The number of aromatic nitrogens is 2. The molecule has 1 aliphatic rings. The first-order valence-corrected chi connectivity index (χ1v) is 6.97. The number of halogens is 4. The lowest BCUT2D eigenvalue weighted by Crippen LogP contribution is -2.35. The highest BCUT2D eigenvalue weighted by atomic mass is 35.5. The Labute approximate surface area is 133 Å². The zero-order valence-electron chi connectivity index (χ0n) is 12.5. The predicted molar refractivity (Wildman–Crippen MR) is 78.3 cm³/mol. The number of carbonyl (C=O) groups excluding carboxylic acids is 1. The molecule has 2 heterocycles. The molecule has 1 N–H and O–H groups in total. The Morgan fingerprint density at radius 2 is 2.00 bits per heavy atom. The molecule has 5 nitrogen and oxygen atoms in total. The van der Waals surface area contributed by atoms with Crippen molar-refractivity contribution < 1.29 is 18.0 Å². The van der Waals surface area contributed by atoms with Crippen molar-refractivity contribution >= 4 is 18.3 Å². The quantitative estimate of drug-likeness (QED) is 0.899. The van der Waals surface area contributed by atoms with Gasteiger partial charge < -0.3 is 10.2 Å². The normalized spacial score (nSPS) is 16.4.